The lowest BCUT2D eigenvalue weighted by atomic mass is 10.3. The number of nitrogens with zero attached hydrogens (tertiary/aromatic N) is 5. The normalized spacial score (nSPS) is 10.2. The van der Waals surface area contributed by atoms with Crippen molar-refractivity contribution >= 4 is 11.7 Å². The Morgan fingerprint density at radius 1 is 1.50 bits per heavy atom. The maximum Gasteiger partial charge on any atom is 0.311 e. The van der Waals surface area contributed by atoms with Crippen LogP contribution < -0.4 is 0 Å². The number of carboxylic acid groups (broad SMARTS) is 1. The molecular weight excluding hydrogens is 242 g/mol. The average molecular weight is 249 g/mol. The molecule has 0 fully saturated rings. The van der Waals surface area contributed by atoms with E-state index in [-0.39, 0.29) is 17.9 Å². The molecule has 0 bridgehead atoms. The van der Waals surface area contributed by atoms with Crippen LogP contribution in [-0.2, 0) is 11.2 Å². The van der Waals surface area contributed by atoms with E-state index in [0.29, 0.717) is 5.69 Å². The Morgan fingerprint density at radius 3 is 2.94 bits per heavy atom. The Kier molecular flexibility index (Phi) is 2.96. The molecule has 0 aliphatic rings. The summed E-state index contributed by atoms with van der Waals surface area (Å²) in [6.07, 6.45) is -0.365. The number of non-ortho nitro benzene ring substituents is 1. The SMILES string of the molecule is O=C(O)Cc1nnnn1-c1cccc([N+](=O)[O-])c1. The van der Waals surface area contributed by atoms with Crippen LogP contribution in [-0.4, -0.2) is 36.2 Å². The van der Waals surface area contributed by atoms with Gasteiger partial charge in [-0.05, 0) is 16.5 Å². The van der Waals surface area contributed by atoms with E-state index in [2.05, 4.69) is 15.5 Å². The van der Waals surface area contributed by atoms with E-state index in [1.165, 1.54) is 18.2 Å². The van der Waals surface area contributed by atoms with Gasteiger partial charge in [0.05, 0.1) is 10.6 Å². The van der Waals surface area contributed by atoms with Gasteiger partial charge in [-0.15, -0.1) is 5.10 Å². The minimum Gasteiger partial charge on any atom is -0.481 e. The number of hydrogen-bond acceptors (Lipinski definition) is 6. The number of aliphatic carboxylic acids is 1. The second-order valence-corrected chi connectivity index (χ2v) is 3.35. The number of tetrazole rings is 1. The summed E-state index contributed by atoms with van der Waals surface area (Å²) < 4.78 is 1.15. The molecule has 1 aromatic carbocycles. The first-order valence-corrected chi connectivity index (χ1v) is 4.82. The Labute approximate surface area is 99.8 Å². The summed E-state index contributed by atoms with van der Waals surface area (Å²) in [4.78, 5) is 20.7. The van der Waals surface area contributed by atoms with Crippen molar-refractivity contribution in [3.63, 3.8) is 0 Å². The minimum atomic E-state index is -1.09. The fraction of sp³-hybridized carbons (Fsp3) is 0.111. The molecule has 2 aromatic rings. The third-order valence-electron chi connectivity index (χ3n) is 2.13. The van der Waals surface area contributed by atoms with E-state index >= 15 is 0 Å². The number of aromatic nitrogens is 4. The molecule has 2 rings (SSSR count). The highest BCUT2D eigenvalue weighted by Crippen LogP contribution is 2.16. The molecular formula is C9H7N5O4. The second-order valence-electron chi connectivity index (χ2n) is 3.35. The fourth-order valence-electron chi connectivity index (χ4n) is 1.39. The molecule has 0 aliphatic heterocycles. The van der Waals surface area contributed by atoms with Crippen LogP contribution in [0.2, 0.25) is 0 Å². The molecule has 0 atom stereocenters. The molecule has 1 heterocycles. The Bertz CT molecular complexity index is 609. The zero-order chi connectivity index (χ0) is 13.1. The summed E-state index contributed by atoms with van der Waals surface area (Å²) in [5.41, 5.74) is 0.217. The lowest BCUT2D eigenvalue weighted by molar-refractivity contribution is -0.384. The maximum absolute atomic E-state index is 10.6. The standard InChI is InChI=1S/C9H7N5O4/c15-9(16)5-8-10-11-12-13(8)6-2-1-3-7(4-6)14(17)18/h1-4H,5H2,(H,15,16). The fourth-order valence-corrected chi connectivity index (χ4v) is 1.39. The Hall–Kier alpha value is -2.84. The lowest BCUT2D eigenvalue weighted by Gasteiger charge is -2.02. The number of hydrogen-bond donors (Lipinski definition) is 1. The number of nitro groups is 1. The third kappa shape index (κ3) is 2.29. The highest BCUT2D eigenvalue weighted by molar-refractivity contribution is 5.69. The van der Waals surface area contributed by atoms with Crippen LogP contribution in [0.25, 0.3) is 5.69 Å². The molecule has 0 spiro atoms. The van der Waals surface area contributed by atoms with E-state index in [0.717, 1.165) is 4.68 Å². The van der Waals surface area contributed by atoms with Gasteiger partial charge in [0.1, 0.15) is 6.42 Å². The van der Waals surface area contributed by atoms with Crippen LogP contribution in [0, 0.1) is 10.1 Å². The van der Waals surface area contributed by atoms with Crippen molar-refractivity contribution in [1.82, 2.24) is 20.2 Å². The van der Waals surface area contributed by atoms with Crippen LogP contribution in [0.5, 0.6) is 0 Å². The van der Waals surface area contributed by atoms with Crippen LogP contribution in [0.1, 0.15) is 5.82 Å². The molecule has 0 saturated carbocycles. The molecule has 18 heavy (non-hydrogen) atoms. The maximum atomic E-state index is 10.6. The quantitative estimate of drug-likeness (QED) is 0.605. The van der Waals surface area contributed by atoms with Gasteiger partial charge in [0.25, 0.3) is 5.69 Å². The summed E-state index contributed by atoms with van der Waals surface area (Å²) in [5, 5.41) is 29.8. The summed E-state index contributed by atoms with van der Waals surface area (Å²) in [6, 6.07) is 5.61. The lowest BCUT2D eigenvalue weighted by Crippen LogP contribution is -2.09. The summed E-state index contributed by atoms with van der Waals surface area (Å²) in [6.45, 7) is 0. The largest absolute Gasteiger partial charge is 0.481 e. The number of carbonyl (C=O) groups is 1. The third-order valence-corrected chi connectivity index (χ3v) is 2.13. The number of rotatable bonds is 4. The number of benzene rings is 1. The molecule has 0 radical (unpaired) electrons. The first-order valence-electron chi connectivity index (χ1n) is 4.82. The molecule has 9 nitrogen and oxygen atoms in total. The van der Waals surface area contributed by atoms with Crippen molar-refractivity contribution in [3.8, 4) is 5.69 Å². The smallest absolute Gasteiger partial charge is 0.311 e. The van der Waals surface area contributed by atoms with Gasteiger partial charge in [0, 0.05) is 12.1 Å². The van der Waals surface area contributed by atoms with Crippen molar-refractivity contribution in [2.24, 2.45) is 0 Å². The van der Waals surface area contributed by atoms with E-state index in [1.807, 2.05) is 0 Å². The average Bonchev–Trinajstić information content (AvgIpc) is 2.76. The molecule has 1 N–H and O–H groups in total. The van der Waals surface area contributed by atoms with Crippen molar-refractivity contribution in [1.29, 1.82) is 0 Å². The van der Waals surface area contributed by atoms with Crippen molar-refractivity contribution in [3.05, 3.63) is 40.2 Å². The van der Waals surface area contributed by atoms with Gasteiger partial charge in [-0.25, -0.2) is 0 Å². The monoisotopic (exact) mass is 249 g/mol. The topological polar surface area (TPSA) is 124 Å². The summed E-state index contributed by atoms with van der Waals surface area (Å²) in [7, 11) is 0. The molecule has 0 aliphatic carbocycles. The summed E-state index contributed by atoms with van der Waals surface area (Å²) in [5.74, 6) is -0.987. The van der Waals surface area contributed by atoms with Gasteiger partial charge < -0.3 is 5.11 Å². The molecule has 0 saturated heterocycles. The van der Waals surface area contributed by atoms with Gasteiger partial charge in [-0.3, -0.25) is 14.9 Å². The highest BCUT2D eigenvalue weighted by Gasteiger charge is 2.14. The van der Waals surface area contributed by atoms with Gasteiger partial charge in [-0.2, -0.15) is 4.68 Å². The van der Waals surface area contributed by atoms with Crippen molar-refractivity contribution in [2.45, 2.75) is 6.42 Å². The molecule has 1 aromatic heterocycles. The second kappa shape index (κ2) is 4.57. The van der Waals surface area contributed by atoms with E-state index in [1.54, 1.807) is 6.07 Å². The van der Waals surface area contributed by atoms with Gasteiger partial charge in [-0.1, -0.05) is 6.07 Å². The zero-order valence-corrected chi connectivity index (χ0v) is 8.92. The van der Waals surface area contributed by atoms with E-state index in [9.17, 15) is 14.9 Å². The first-order chi connectivity index (χ1) is 8.58. The summed E-state index contributed by atoms with van der Waals surface area (Å²) >= 11 is 0. The molecule has 9 heteroatoms. The zero-order valence-electron chi connectivity index (χ0n) is 8.92. The van der Waals surface area contributed by atoms with Crippen LogP contribution in [0.15, 0.2) is 24.3 Å². The first kappa shape index (κ1) is 11.6. The van der Waals surface area contributed by atoms with E-state index in [4.69, 9.17) is 5.11 Å². The minimum absolute atomic E-state index is 0.1000. The van der Waals surface area contributed by atoms with Gasteiger partial charge >= 0.3 is 5.97 Å². The van der Waals surface area contributed by atoms with Crippen LogP contribution in [0.3, 0.4) is 0 Å². The van der Waals surface area contributed by atoms with Crippen molar-refractivity contribution < 1.29 is 14.8 Å². The predicted octanol–water partition coefficient (Wildman–Crippen LogP) is 0.198. The van der Waals surface area contributed by atoms with E-state index < -0.39 is 10.9 Å². The molecule has 0 unspecified atom stereocenters. The van der Waals surface area contributed by atoms with Gasteiger partial charge in [0.2, 0.25) is 0 Å². The van der Waals surface area contributed by atoms with Crippen molar-refractivity contribution in [2.75, 3.05) is 0 Å². The highest BCUT2D eigenvalue weighted by atomic mass is 16.6. The molecule has 92 valence electrons. The molecule has 0 amide bonds. The Morgan fingerprint density at radius 2 is 2.28 bits per heavy atom. The van der Waals surface area contributed by atoms with Gasteiger partial charge in [0.15, 0.2) is 5.82 Å². The van der Waals surface area contributed by atoms with Crippen LogP contribution in [0.4, 0.5) is 5.69 Å². The Balaban J connectivity index is 2.42. The van der Waals surface area contributed by atoms with Crippen LogP contribution >= 0.6 is 0 Å². The number of carboxylic acids is 1. The predicted molar refractivity (Wildman–Crippen MR) is 57.1 cm³/mol. The number of nitro benzene ring substituents is 1.